The van der Waals surface area contributed by atoms with Gasteiger partial charge in [-0.2, -0.15) is 0 Å². The number of nitrogens with zero attached hydrogens (tertiary/aromatic N) is 2. The number of halogens is 2. The first kappa shape index (κ1) is 26.7. The number of pyridine rings is 1. The zero-order valence-electron chi connectivity index (χ0n) is 21.2. The molecular weight excluding hydrogens is 546 g/mol. The number of anilines is 1. The van der Waals surface area contributed by atoms with Gasteiger partial charge in [0.15, 0.2) is 5.82 Å². The molecule has 0 amide bonds. The number of fused-ring (bicyclic) bond motifs is 2. The Morgan fingerprint density at radius 2 is 1.90 bits per heavy atom. The first-order chi connectivity index (χ1) is 18.4. The minimum Gasteiger partial charge on any atom is -0.345 e. The van der Waals surface area contributed by atoms with Gasteiger partial charge in [-0.1, -0.05) is 13.0 Å². The number of aromatic amines is 1. The van der Waals surface area contributed by atoms with E-state index in [1.165, 1.54) is 6.20 Å². The standard InChI is InChI=1S/C27H24F2N4O4S2/c1-4-9-39(36,37)33-22-7-6-21(28)24(25(22)29)26(34)20-14-31-27-19(20)12-18(13-30-27)16-5-8-23-17(11-16)10-15(2)32-38(23,3)35/h5-8,10-14,33H,4,9H2,1-3H3,(H,30,31). The summed E-state index contributed by atoms with van der Waals surface area (Å²) < 4.78 is 73.6. The number of sulfonamides is 1. The molecule has 0 bridgehead atoms. The summed E-state index contributed by atoms with van der Waals surface area (Å²) in [4.78, 5) is 21.2. The number of ketones is 1. The Kier molecular flexibility index (Phi) is 6.63. The second-order valence-corrected chi connectivity index (χ2v) is 13.4. The highest BCUT2D eigenvalue weighted by Gasteiger charge is 2.26. The van der Waals surface area contributed by atoms with Crippen LogP contribution < -0.4 is 4.72 Å². The maximum absolute atomic E-state index is 15.3. The van der Waals surface area contributed by atoms with Gasteiger partial charge < -0.3 is 4.98 Å². The first-order valence-corrected chi connectivity index (χ1v) is 15.5. The molecule has 202 valence electrons. The predicted molar refractivity (Wildman–Crippen MR) is 147 cm³/mol. The third-order valence-electron chi connectivity index (χ3n) is 6.27. The molecule has 1 unspecified atom stereocenters. The molecule has 8 nitrogen and oxygen atoms in total. The monoisotopic (exact) mass is 570 g/mol. The van der Waals surface area contributed by atoms with Crippen LogP contribution in [0.4, 0.5) is 14.5 Å². The van der Waals surface area contributed by atoms with Gasteiger partial charge in [-0.05, 0) is 60.9 Å². The van der Waals surface area contributed by atoms with Crippen LogP contribution in [0.3, 0.4) is 0 Å². The highest BCUT2D eigenvalue weighted by atomic mass is 32.2. The summed E-state index contributed by atoms with van der Waals surface area (Å²) in [6, 6.07) is 8.82. The van der Waals surface area contributed by atoms with Gasteiger partial charge in [0.05, 0.1) is 31.6 Å². The molecule has 0 fully saturated rings. The van der Waals surface area contributed by atoms with E-state index in [0.717, 1.165) is 23.3 Å². The van der Waals surface area contributed by atoms with E-state index in [-0.39, 0.29) is 11.3 Å². The van der Waals surface area contributed by atoms with Crippen LogP contribution in [0.1, 0.15) is 41.8 Å². The average Bonchev–Trinajstić information content (AvgIpc) is 3.28. The molecule has 0 spiro atoms. The Bertz CT molecular complexity index is 1940. The molecular formula is C27H24F2N4O4S2. The van der Waals surface area contributed by atoms with Crippen LogP contribution in [0, 0.1) is 11.6 Å². The van der Waals surface area contributed by atoms with Crippen LogP contribution in [-0.4, -0.2) is 40.4 Å². The van der Waals surface area contributed by atoms with Crippen LogP contribution in [-0.2, 0) is 19.8 Å². The van der Waals surface area contributed by atoms with E-state index < -0.39 is 48.4 Å². The number of hydrogen-bond donors (Lipinski definition) is 2. The zero-order chi connectivity index (χ0) is 28.1. The molecule has 3 heterocycles. The fourth-order valence-electron chi connectivity index (χ4n) is 4.57. The number of aromatic nitrogens is 2. The molecule has 0 saturated carbocycles. The summed E-state index contributed by atoms with van der Waals surface area (Å²) in [5, 5.41) is 0.326. The molecule has 0 saturated heterocycles. The minimum atomic E-state index is -3.87. The predicted octanol–water partition coefficient (Wildman–Crippen LogP) is 5.72. The van der Waals surface area contributed by atoms with Crippen molar-refractivity contribution >= 4 is 48.3 Å². The maximum Gasteiger partial charge on any atom is 0.232 e. The number of allylic oxidation sites excluding steroid dienone is 1. The Balaban J connectivity index is 1.57. The summed E-state index contributed by atoms with van der Waals surface area (Å²) in [5.41, 5.74) is 1.65. The lowest BCUT2D eigenvalue weighted by Gasteiger charge is -2.15. The average molecular weight is 571 g/mol. The largest absolute Gasteiger partial charge is 0.345 e. The number of hydrogen-bond acceptors (Lipinski definition) is 6. The molecule has 4 aromatic rings. The third-order valence-corrected chi connectivity index (χ3v) is 9.57. The summed E-state index contributed by atoms with van der Waals surface area (Å²) >= 11 is 0. The van der Waals surface area contributed by atoms with Crippen molar-refractivity contribution in [3.8, 4) is 11.1 Å². The van der Waals surface area contributed by atoms with Crippen LogP contribution in [0.2, 0.25) is 0 Å². The smallest absolute Gasteiger partial charge is 0.232 e. The van der Waals surface area contributed by atoms with E-state index in [1.807, 2.05) is 12.1 Å². The van der Waals surface area contributed by atoms with E-state index >= 15 is 4.39 Å². The van der Waals surface area contributed by atoms with E-state index in [2.05, 4.69) is 19.1 Å². The van der Waals surface area contributed by atoms with E-state index in [4.69, 9.17) is 0 Å². The lowest BCUT2D eigenvalue weighted by Crippen LogP contribution is -2.18. The second-order valence-electron chi connectivity index (χ2n) is 9.29. The van der Waals surface area contributed by atoms with Gasteiger partial charge in [-0.25, -0.2) is 30.8 Å². The molecule has 1 aliphatic rings. The SMILES string of the molecule is CCCS(=O)(=O)Nc1ccc(F)c(C(=O)c2c[nH]c3ncc(-c4ccc5c(c4)C=C(C)N=S5(C)=O)cc23)c1F. The highest BCUT2D eigenvalue weighted by molar-refractivity contribution is 7.93. The number of carbonyl (C=O) groups excluding carboxylic acids is 1. The van der Waals surface area contributed by atoms with Crippen molar-refractivity contribution in [2.75, 3.05) is 16.7 Å². The molecule has 1 aliphatic heterocycles. The highest BCUT2D eigenvalue weighted by Crippen LogP contribution is 2.33. The molecule has 5 rings (SSSR count). The Morgan fingerprint density at radius 3 is 2.64 bits per heavy atom. The van der Waals surface area contributed by atoms with Gasteiger partial charge in [-0.15, -0.1) is 0 Å². The van der Waals surface area contributed by atoms with Crippen molar-refractivity contribution in [1.29, 1.82) is 0 Å². The molecule has 12 heteroatoms. The van der Waals surface area contributed by atoms with Crippen LogP contribution >= 0.6 is 0 Å². The molecule has 2 aromatic heterocycles. The number of nitrogens with one attached hydrogen (secondary N) is 2. The van der Waals surface area contributed by atoms with Crippen molar-refractivity contribution < 1.29 is 26.2 Å². The van der Waals surface area contributed by atoms with Gasteiger partial charge in [-0.3, -0.25) is 9.52 Å². The fraction of sp³-hybridized carbons (Fsp3) is 0.185. The summed E-state index contributed by atoms with van der Waals surface area (Å²) in [6.45, 7) is 3.42. The van der Waals surface area contributed by atoms with Gasteiger partial charge in [0.25, 0.3) is 0 Å². The minimum absolute atomic E-state index is 0.0326. The van der Waals surface area contributed by atoms with E-state index in [0.29, 0.717) is 33.6 Å². The van der Waals surface area contributed by atoms with Crippen LogP contribution in [0.25, 0.3) is 28.2 Å². The maximum atomic E-state index is 15.3. The number of carbonyl (C=O) groups is 1. The molecule has 0 aliphatic carbocycles. The lowest BCUT2D eigenvalue weighted by atomic mass is 9.99. The fourth-order valence-corrected chi connectivity index (χ4v) is 7.28. The van der Waals surface area contributed by atoms with Crippen LogP contribution in [0.5, 0.6) is 0 Å². The van der Waals surface area contributed by atoms with Crippen molar-refractivity contribution in [1.82, 2.24) is 9.97 Å². The summed E-state index contributed by atoms with van der Waals surface area (Å²) in [5.74, 6) is -3.65. The quantitative estimate of drug-likeness (QED) is 0.275. The van der Waals surface area contributed by atoms with E-state index in [9.17, 15) is 21.8 Å². The first-order valence-electron chi connectivity index (χ1n) is 12.0. The normalized spacial score (nSPS) is 16.9. The van der Waals surface area contributed by atoms with Gasteiger partial charge >= 0.3 is 0 Å². The third kappa shape index (κ3) is 4.97. The number of rotatable bonds is 7. The van der Waals surface area contributed by atoms with Gasteiger partial charge in [0.1, 0.15) is 11.5 Å². The van der Waals surface area contributed by atoms with E-state index in [1.54, 1.807) is 44.5 Å². The molecule has 2 N–H and O–H groups in total. The lowest BCUT2D eigenvalue weighted by molar-refractivity contribution is 0.103. The van der Waals surface area contributed by atoms with Crippen molar-refractivity contribution in [3.05, 3.63) is 82.8 Å². The number of H-pyrrole nitrogens is 1. The van der Waals surface area contributed by atoms with Crippen molar-refractivity contribution in [2.24, 2.45) is 4.36 Å². The topological polar surface area (TPSA) is 121 Å². The Labute approximate surface area is 224 Å². The van der Waals surface area contributed by atoms with Gasteiger partial charge in [0, 0.05) is 40.9 Å². The Hall–Kier alpha value is -3.90. The Morgan fingerprint density at radius 1 is 1.13 bits per heavy atom. The summed E-state index contributed by atoms with van der Waals surface area (Å²) in [6.07, 6.45) is 6.60. The molecule has 39 heavy (non-hydrogen) atoms. The van der Waals surface area contributed by atoms with Crippen molar-refractivity contribution in [2.45, 2.75) is 25.2 Å². The summed E-state index contributed by atoms with van der Waals surface area (Å²) in [7, 11) is -6.44. The van der Waals surface area contributed by atoms with Gasteiger partial charge in [0.2, 0.25) is 15.8 Å². The zero-order valence-corrected chi connectivity index (χ0v) is 22.8. The second kappa shape index (κ2) is 9.69. The molecule has 1 atom stereocenters. The molecule has 2 aromatic carbocycles. The van der Waals surface area contributed by atoms with Crippen LogP contribution in [0.15, 0.2) is 63.7 Å². The molecule has 0 radical (unpaired) electrons. The number of benzene rings is 2. The van der Waals surface area contributed by atoms with Crippen molar-refractivity contribution in [3.63, 3.8) is 0 Å².